The SMILES string of the molecule is CCNc1cc(N2CCC[C@@H](CCC(=O)NCc3cccc(OC)c3)C2)ncn1. The molecule has 2 heterocycles. The van der Waals surface area contributed by atoms with Crippen molar-refractivity contribution in [2.75, 3.05) is 37.0 Å². The molecular weight excluding hydrogens is 366 g/mol. The molecule has 0 bridgehead atoms. The summed E-state index contributed by atoms with van der Waals surface area (Å²) in [6.07, 6.45) is 5.34. The molecule has 156 valence electrons. The fraction of sp³-hybridized carbons (Fsp3) is 0.500. The van der Waals surface area contributed by atoms with Crippen molar-refractivity contribution in [2.45, 2.75) is 39.2 Å². The van der Waals surface area contributed by atoms with E-state index in [2.05, 4.69) is 32.4 Å². The Morgan fingerprint density at radius 3 is 3.03 bits per heavy atom. The van der Waals surface area contributed by atoms with Gasteiger partial charge < -0.3 is 20.3 Å². The Bertz CT molecular complexity index is 798. The number of anilines is 2. The molecule has 1 aromatic carbocycles. The van der Waals surface area contributed by atoms with Gasteiger partial charge in [0.1, 0.15) is 23.7 Å². The number of amides is 1. The van der Waals surface area contributed by atoms with Crippen LogP contribution in [0.15, 0.2) is 36.7 Å². The molecule has 0 spiro atoms. The predicted octanol–water partition coefficient (Wildman–Crippen LogP) is 3.23. The van der Waals surface area contributed by atoms with Crippen LogP contribution < -0.4 is 20.3 Å². The van der Waals surface area contributed by atoms with E-state index < -0.39 is 0 Å². The molecule has 0 radical (unpaired) electrons. The van der Waals surface area contributed by atoms with Crippen molar-refractivity contribution in [2.24, 2.45) is 5.92 Å². The molecule has 1 saturated heterocycles. The van der Waals surface area contributed by atoms with Crippen molar-refractivity contribution in [3.63, 3.8) is 0 Å². The van der Waals surface area contributed by atoms with Gasteiger partial charge in [0.05, 0.1) is 7.11 Å². The second-order valence-electron chi connectivity index (χ2n) is 7.41. The first-order valence-corrected chi connectivity index (χ1v) is 10.4. The molecule has 0 unspecified atom stereocenters. The molecule has 0 aliphatic carbocycles. The number of ether oxygens (including phenoxy) is 1. The summed E-state index contributed by atoms with van der Waals surface area (Å²) in [5.41, 5.74) is 1.04. The van der Waals surface area contributed by atoms with E-state index in [1.807, 2.05) is 30.3 Å². The highest BCUT2D eigenvalue weighted by Crippen LogP contribution is 2.25. The quantitative estimate of drug-likeness (QED) is 0.676. The largest absolute Gasteiger partial charge is 0.497 e. The van der Waals surface area contributed by atoms with Crippen molar-refractivity contribution in [3.05, 3.63) is 42.2 Å². The van der Waals surface area contributed by atoms with Gasteiger partial charge in [-0.15, -0.1) is 0 Å². The first-order chi connectivity index (χ1) is 14.2. The number of methoxy groups -OCH3 is 1. The van der Waals surface area contributed by atoms with E-state index in [0.717, 1.165) is 61.8 Å². The normalized spacial score (nSPS) is 16.3. The molecule has 1 aliphatic heterocycles. The number of hydrogen-bond acceptors (Lipinski definition) is 6. The molecule has 7 nitrogen and oxygen atoms in total. The maximum atomic E-state index is 12.3. The first-order valence-electron chi connectivity index (χ1n) is 10.4. The number of nitrogens with one attached hydrogen (secondary N) is 2. The second-order valence-corrected chi connectivity index (χ2v) is 7.41. The lowest BCUT2D eigenvalue weighted by Gasteiger charge is -2.33. The Hall–Kier alpha value is -2.83. The van der Waals surface area contributed by atoms with Gasteiger partial charge in [0.15, 0.2) is 0 Å². The van der Waals surface area contributed by atoms with Gasteiger partial charge in [-0.1, -0.05) is 12.1 Å². The van der Waals surface area contributed by atoms with Crippen LogP contribution in [0.1, 0.15) is 38.2 Å². The molecule has 0 saturated carbocycles. The first kappa shape index (κ1) is 20.9. The summed E-state index contributed by atoms with van der Waals surface area (Å²) >= 11 is 0. The van der Waals surface area contributed by atoms with Crippen LogP contribution in [-0.2, 0) is 11.3 Å². The number of rotatable bonds is 9. The average Bonchev–Trinajstić information content (AvgIpc) is 2.77. The monoisotopic (exact) mass is 397 g/mol. The van der Waals surface area contributed by atoms with E-state index >= 15 is 0 Å². The van der Waals surface area contributed by atoms with Gasteiger partial charge in [0.25, 0.3) is 0 Å². The lowest BCUT2D eigenvalue weighted by atomic mass is 9.93. The molecule has 29 heavy (non-hydrogen) atoms. The standard InChI is InChI=1S/C22H31N5O2/c1-3-23-20-13-21(26-16-25-20)27-11-5-7-17(15-27)9-10-22(28)24-14-18-6-4-8-19(12-18)29-2/h4,6,8,12-13,16-17H,3,5,7,9-11,14-15H2,1-2H3,(H,24,28)(H,23,25,26)/t17-/m0/s1. The highest BCUT2D eigenvalue weighted by molar-refractivity contribution is 5.75. The molecule has 2 N–H and O–H groups in total. The minimum Gasteiger partial charge on any atom is -0.497 e. The molecule has 1 atom stereocenters. The Balaban J connectivity index is 1.45. The Morgan fingerprint density at radius 1 is 1.31 bits per heavy atom. The zero-order valence-electron chi connectivity index (χ0n) is 17.4. The van der Waals surface area contributed by atoms with Crippen LogP contribution in [-0.4, -0.2) is 42.6 Å². The third-order valence-electron chi connectivity index (χ3n) is 5.26. The Labute approximate surface area is 172 Å². The van der Waals surface area contributed by atoms with E-state index in [-0.39, 0.29) is 5.91 Å². The maximum absolute atomic E-state index is 12.3. The fourth-order valence-electron chi connectivity index (χ4n) is 3.71. The number of carbonyl (C=O) groups is 1. The molecule has 1 fully saturated rings. The number of benzene rings is 1. The number of nitrogens with zero attached hydrogens (tertiary/aromatic N) is 3. The van der Waals surface area contributed by atoms with Gasteiger partial charge >= 0.3 is 0 Å². The highest BCUT2D eigenvalue weighted by Gasteiger charge is 2.22. The number of aromatic nitrogens is 2. The van der Waals surface area contributed by atoms with Crippen molar-refractivity contribution >= 4 is 17.5 Å². The smallest absolute Gasteiger partial charge is 0.220 e. The van der Waals surface area contributed by atoms with Gasteiger partial charge in [-0.2, -0.15) is 0 Å². The van der Waals surface area contributed by atoms with Crippen LogP contribution in [0.3, 0.4) is 0 Å². The van der Waals surface area contributed by atoms with Crippen LogP contribution in [0, 0.1) is 5.92 Å². The fourth-order valence-corrected chi connectivity index (χ4v) is 3.71. The molecule has 7 heteroatoms. The number of carbonyl (C=O) groups excluding carboxylic acids is 1. The summed E-state index contributed by atoms with van der Waals surface area (Å²) in [5, 5.41) is 6.25. The Kier molecular flexibility index (Phi) is 7.67. The lowest BCUT2D eigenvalue weighted by Crippen LogP contribution is -2.36. The second kappa shape index (κ2) is 10.6. The van der Waals surface area contributed by atoms with Gasteiger partial charge in [0, 0.05) is 38.7 Å². The topological polar surface area (TPSA) is 79.4 Å². The van der Waals surface area contributed by atoms with Crippen LogP contribution >= 0.6 is 0 Å². The molecule has 2 aromatic rings. The summed E-state index contributed by atoms with van der Waals surface area (Å²) in [6, 6.07) is 9.78. The summed E-state index contributed by atoms with van der Waals surface area (Å²) in [4.78, 5) is 23.3. The summed E-state index contributed by atoms with van der Waals surface area (Å²) in [6.45, 7) is 5.36. The summed E-state index contributed by atoms with van der Waals surface area (Å²) in [5.74, 6) is 3.23. The summed E-state index contributed by atoms with van der Waals surface area (Å²) in [7, 11) is 1.65. The van der Waals surface area contributed by atoms with Crippen molar-refractivity contribution in [1.82, 2.24) is 15.3 Å². The minimum absolute atomic E-state index is 0.0985. The van der Waals surface area contributed by atoms with E-state index in [1.165, 1.54) is 0 Å². The molecule has 1 amide bonds. The summed E-state index contributed by atoms with van der Waals surface area (Å²) < 4.78 is 5.23. The van der Waals surface area contributed by atoms with E-state index in [0.29, 0.717) is 18.9 Å². The van der Waals surface area contributed by atoms with Gasteiger partial charge in [0.2, 0.25) is 5.91 Å². The van der Waals surface area contributed by atoms with Gasteiger partial charge in [-0.3, -0.25) is 4.79 Å². The molecule has 1 aromatic heterocycles. The minimum atomic E-state index is 0.0985. The van der Waals surface area contributed by atoms with Crippen LogP contribution in [0.4, 0.5) is 11.6 Å². The molecular formula is C22H31N5O2. The number of hydrogen-bond donors (Lipinski definition) is 2. The third kappa shape index (κ3) is 6.34. The van der Waals surface area contributed by atoms with Crippen LogP contribution in [0.25, 0.3) is 0 Å². The number of piperidine rings is 1. The third-order valence-corrected chi connectivity index (χ3v) is 5.26. The lowest BCUT2D eigenvalue weighted by molar-refractivity contribution is -0.121. The maximum Gasteiger partial charge on any atom is 0.220 e. The average molecular weight is 398 g/mol. The van der Waals surface area contributed by atoms with E-state index in [4.69, 9.17) is 4.74 Å². The van der Waals surface area contributed by atoms with Crippen LogP contribution in [0.2, 0.25) is 0 Å². The zero-order chi connectivity index (χ0) is 20.5. The van der Waals surface area contributed by atoms with Crippen molar-refractivity contribution < 1.29 is 9.53 Å². The Morgan fingerprint density at radius 2 is 2.21 bits per heavy atom. The highest BCUT2D eigenvalue weighted by atomic mass is 16.5. The van der Waals surface area contributed by atoms with Crippen LogP contribution in [0.5, 0.6) is 5.75 Å². The predicted molar refractivity (Wildman–Crippen MR) is 115 cm³/mol. The van der Waals surface area contributed by atoms with Crippen molar-refractivity contribution in [1.29, 1.82) is 0 Å². The zero-order valence-corrected chi connectivity index (χ0v) is 17.4. The van der Waals surface area contributed by atoms with Gasteiger partial charge in [-0.25, -0.2) is 9.97 Å². The van der Waals surface area contributed by atoms with E-state index in [1.54, 1.807) is 13.4 Å². The molecule has 1 aliphatic rings. The molecule has 3 rings (SSSR count). The van der Waals surface area contributed by atoms with Crippen molar-refractivity contribution in [3.8, 4) is 5.75 Å². The van der Waals surface area contributed by atoms with Gasteiger partial charge in [-0.05, 0) is 49.8 Å². The van der Waals surface area contributed by atoms with E-state index in [9.17, 15) is 4.79 Å².